The van der Waals surface area contributed by atoms with E-state index in [4.69, 9.17) is 4.74 Å². The van der Waals surface area contributed by atoms with Gasteiger partial charge in [0.15, 0.2) is 0 Å². The Labute approximate surface area is 198 Å². The number of benzene rings is 2. The molecule has 11 heteroatoms. The number of hydrogen-bond donors (Lipinski definition) is 2. The van der Waals surface area contributed by atoms with E-state index >= 15 is 0 Å². The second kappa shape index (κ2) is 8.71. The average molecular weight is 489 g/mol. The average Bonchev–Trinajstić information content (AvgIpc) is 3.64. The number of amides is 4. The molecule has 2 aromatic rings. The van der Waals surface area contributed by atoms with Gasteiger partial charge in [-0.3, -0.25) is 14.5 Å². The molecule has 1 saturated carbocycles. The van der Waals surface area contributed by atoms with Crippen LogP contribution in [0.25, 0.3) is 11.1 Å². The van der Waals surface area contributed by atoms with Crippen molar-refractivity contribution in [3.05, 3.63) is 53.6 Å². The van der Waals surface area contributed by atoms with Crippen LogP contribution in [-0.4, -0.2) is 47.9 Å². The third-order valence-corrected chi connectivity index (χ3v) is 6.22. The number of methoxy groups -OCH3 is 1. The molecule has 1 aliphatic carbocycles. The highest BCUT2D eigenvalue weighted by Gasteiger charge is 2.56. The molecule has 4 rings (SSSR count). The van der Waals surface area contributed by atoms with Crippen molar-refractivity contribution in [2.24, 2.45) is 5.92 Å². The quantitative estimate of drug-likeness (QED) is 0.474. The van der Waals surface area contributed by atoms with Gasteiger partial charge < -0.3 is 15.4 Å². The van der Waals surface area contributed by atoms with Crippen LogP contribution < -0.4 is 10.6 Å². The third kappa shape index (κ3) is 4.71. The van der Waals surface area contributed by atoms with Crippen LogP contribution in [0.5, 0.6) is 0 Å². The molecule has 2 aromatic carbocycles. The molecule has 1 heterocycles. The largest absolute Gasteiger partial charge is 0.465 e. The molecule has 4 amide bonds. The van der Waals surface area contributed by atoms with Crippen LogP contribution in [0.3, 0.4) is 0 Å². The van der Waals surface area contributed by atoms with Gasteiger partial charge in [-0.15, -0.1) is 0 Å². The number of nitrogens with one attached hydrogen (secondary N) is 2. The summed E-state index contributed by atoms with van der Waals surface area (Å²) in [5.74, 6) is -2.02. The Morgan fingerprint density at radius 3 is 2.46 bits per heavy atom. The van der Waals surface area contributed by atoms with Crippen molar-refractivity contribution >= 4 is 29.5 Å². The first-order chi connectivity index (χ1) is 16.4. The number of carbonyl (C=O) groups excluding carboxylic acids is 4. The van der Waals surface area contributed by atoms with Crippen LogP contribution in [0.4, 0.5) is 23.7 Å². The van der Waals surface area contributed by atoms with Crippen molar-refractivity contribution in [1.29, 1.82) is 0 Å². The molecule has 0 bridgehead atoms. The lowest BCUT2D eigenvalue weighted by atomic mass is 9.96. The Kier molecular flexibility index (Phi) is 6.04. The summed E-state index contributed by atoms with van der Waals surface area (Å²) in [6, 6.07) is 8.00. The first-order valence-corrected chi connectivity index (χ1v) is 10.8. The number of anilines is 1. The fraction of sp³-hybridized carbons (Fsp3) is 0.333. The highest BCUT2D eigenvalue weighted by Crippen LogP contribution is 2.42. The van der Waals surface area contributed by atoms with Gasteiger partial charge in [0.1, 0.15) is 12.1 Å². The summed E-state index contributed by atoms with van der Waals surface area (Å²) in [6.07, 6.45) is -2.92. The summed E-state index contributed by atoms with van der Waals surface area (Å²) in [7, 11) is 1.12. The lowest BCUT2D eigenvalue weighted by Gasteiger charge is -2.21. The van der Waals surface area contributed by atoms with Crippen molar-refractivity contribution < 1.29 is 37.1 Å². The molecular weight excluding hydrogens is 467 g/mol. The molecule has 1 atom stereocenters. The lowest BCUT2D eigenvalue weighted by molar-refractivity contribution is -0.137. The van der Waals surface area contributed by atoms with E-state index < -0.39 is 47.6 Å². The van der Waals surface area contributed by atoms with Crippen molar-refractivity contribution in [1.82, 2.24) is 10.2 Å². The van der Waals surface area contributed by atoms with E-state index in [1.165, 1.54) is 30.3 Å². The molecular formula is C24H22F3N3O5. The van der Waals surface area contributed by atoms with E-state index in [0.29, 0.717) is 5.56 Å². The minimum absolute atomic E-state index is 0.0228. The fourth-order valence-electron chi connectivity index (χ4n) is 4.12. The minimum atomic E-state index is -4.54. The maximum Gasteiger partial charge on any atom is 0.416 e. The summed E-state index contributed by atoms with van der Waals surface area (Å²) in [6.45, 7) is 1.06. The monoisotopic (exact) mass is 489 g/mol. The van der Waals surface area contributed by atoms with Crippen LogP contribution in [-0.2, 0) is 20.5 Å². The molecule has 2 aliphatic rings. The molecule has 1 saturated heterocycles. The van der Waals surface area contributed by atoms with E-state index in [2.05, 4.69) is 10.6 Å². The highest BCUT2D eigenvalue weighted by molar-refractivity contribution is 6.11. The molecule has 0 spiro atoms. The summed E-state index contributed by atoms with van der Waals surface area (Å²) in [5, 5.41) is 5.13. The Balaban J connectivity index is 1.56. The van der Waals surface area contributed by atoms with Crippen molar-refractivity contribution in [2.45, 2.75) is 31.5 Å². The van der Waals surface area contributed by atoms with E-state index in [0.717, 1.165) is 37.0 Å². The predicted octanol–water partition coefficient (Wildman–Crippen LogP) is 3.82. The van der Waals surface area contributed by atoms with Crippen molar-refractivity contribution in [3.63, 3.8) is 0 Å². The molecule has 184 valence electrons. The Morgan fingerprint density at radius 2 is 1.83 bits per heavy atom. The zero-order valence-electron chi connectivity index (χ0n) is 18.9. The van der Waals surface area contributed by atoms with E-state index in [1.807, 2.05) is 0 Å². The second-order valence-electron chi connectivity index (χ2n) is 8.68. The first kappa shape index (κ1) is 24.2. The first-order valence-electron chi connectivity index (χ1n) is 10.8. The van der Waals surface area contributed by atoms with Crippen molar-refractivity contribution in [3.8, 4) is 11.1 Å². The summed E-state index contributed by atoms with van der Waals surface area (Å²) < 4.78 is 44.0. The van der Waals surface area contributed by atoms with Gasteiger partial charge in [0, 0.05) is 0 Å². The maximum absolute atomic E-state index is 13.1. The summed E-state index contributed by atoms with van der Waals surface area (Å²) in [5.41, 5.74) is -1.46. The number of nitrogens with zero attached hydrogens (tertiary/aromatic N) is 1. The zero-order chi connectivity index (χ0) is 25.5. The molecule has 0 radical (unpaired) electrons. The van der Waals surface area contributed by atoms with Gasteiger partial charge >= 0.3 is 18.2 Å². The summed E-state index contributed by atoms with van der Waals surface area (Å²) >= 11 is 0. The maximum atomic E-state index is 13.1. The van der Waals surface area contributed by atoms with E-state index in [-0.39, 0.29) is 22.7 Å². The minimum Gasteiger partial charge on any atom is -0.465 e. The number of urea groups is 1. The van der Waals surface area contributed by atoms with Gasteiger partial charge in [0.25, 0.3) is 5.91 Å². The molecule has 0 aromatic heterocycles. The second-order valence-corrected chi connectivity index (χ2v) is 8.68. The van der Waals surface area contributed by atoms with Crippen LogP contribution in [0, 0.1) is 5.92 Å². The standard InChI is InChI=1S/C24H22F3N3O5/c1-23(15-7-8-15)21(33)30(22(34)29-23)12-19(31)28-18-9-6-14(11-17(18)20(32)35-2)13-4-3-5-16(10-13)24(25,26)27/h3-6,9-11,15H,7-8,12H2,1-2H3,(H,28,31)(H,29,34). The number of halogens is 3. The number of imide groups is 1. The van der Waals surface area contributed by atoms with Crippen LogP contribution in [0.2, 0.25) is 0 Å². The number of ether oxygens (including phenoxy) is 1. The van der Waals surface area contributed by atoms with Crippen molar-refractivity contribution in [2.75, 3.05) is 19.0 Å². The molecule has 2 fully saturated rings. The van der Waals surface area contributed by atoms with Gasteiger partial charge in [-0.1, -0.05) is 18.2 Å². The normalized spacial score (nSPS) is 20.0. The smallest absolute Gasteiger partial charge is 0.416 e. The summed E-state index contributed by atoms with van der Waals surface area (Å²) in [4.78, 5) is 50.9. The SMILES string of the molecule is COC(=O)c1cc(-c2cccc(C(F)(F)F)c2)ccc1NC(=O)CN1C(=O)NC(C)(C2CC2)C1=O. The van der Waals surface area contributed by atoms with Crippen LogP contribution >= 0.6 is 0 Å². The number of carbonyl (C=O) groups is 4. The van der Waals surface area contributed by atoms with Crippen LogP contribution in [0.1, 0.15) is 35.7 Å². The van der Waals surface area contributed by atoms with Gasteiger partial charge in [0.05, 0.1) is 23.9 Å². The Bertz CT molecular complexity index is 1230. The van der Waals surface area contributed by atoms with Gasteiger partial charge in [-0.25, -0.2) is 9.59 Å². The highest BCUT2D eigenvalue weighted by atomic mass is 19.4. The third-order valence-electron chi connectivity index (χ3n) is 6.22. The zero-order valence-corrected chi connectivity index (χ0v) is 18.9. The van der Waals surface area contributed by atoms with Gasteiger partial charge in [-0.05, 0) is 61.1 Å². The van der Waals surface area contributed by atoms with E-state index in [1.54, 1.807) is 6.92 Å². The topological polar surface area (TPSA) is 105 Å². The lowest BCUT2D eigenvalue weighted by Crippen LogP contribution is -2.46. The molecule has 1 unspecified atom stereocenters. The van der Waals surface area contributed by atoms with Crippen LogP contribution in [0.15, 0.2) is 42.5 Å². The number of esters is 1. The molecule has 1 aliphatic heterocycles. The molecule has 35 heavy (non-hydrogen) atoms. The Hall–Kier alpha value is -3.89. The van der Waals surface area contributed by atoms with Gasteiger partial charge in [-0.2, -0.15) is 13.2 Å². The van der Waals surface area contributed by atoms with E-state index in [9.17, 15) is 32.3 Å². The molecule has 8 nitrogen and oxygen atoms in total. The Morgan fingerprint density at radius 1 is 1.14 bits per heavy atom. The number of hydrogen-bond acceptors (Lipinski definition) is 5. The molecule has 2 N–H and O–H groups in total. The fourth-order valence-corrected chi connectivity index (χ4v) is 4.12. The number of rotatable bonds is 6. The van der Waals surface area contributed by atoms with Gasteiger partial charge in [0.2, 0.25) is 5.91 Å². The predicted molar refractivity (Wildman–Crippen MR) is 118 cm³/mol. The number of alkyl halides is 3.